The van der Waals surface area contributed by atoms with Gasteiger partial charge in [-0.2, -0.15) is 0 Å². The van der Waals surface area contributed by atoms with Gasteiger partial charge in [-0.3, -0.25) is 4.98 Å². The Morgan fingerprint density at radius 2 is 2.00 bits per heavy atom. The molecule has 2 aromatic rings. The molecule has 0 bridgehead atoms. The van der Waals surface area contributed by atoms with E-state index in [0.29, 0.717) is 13.1 Å². The number of amides is 1. The second kappa shape index (κ2) is 9.37. The Morgan fingerprint density at radius 3 is 2.78 bits per heavy atom. The van der Waals surface area contributed by atoms with Gasteiger partial charge in [-0.15, -0.1) is 0 Å². The lowest BCUT2D eigenvalue weighted by atomic mass is 9.88. The molecular formula is C21H28N4O2. The smallest absolute Gasteiger partial charge is 0.407 e. The van der Waals surface area contributed by atoms with Crippen molar-refractivity contribution in [2.24, 2.45) is 5.73 Å². The quantitative estimate of drug-likeness (QED) is 0.556. The van der Waals surface area contributed by atoms with Gasteiger partial charge < -0.3 is 21.5 Å². The van der Waals surface area contributed by atoms with E-state index >= 15 is 0 Å². The lowest BCUT2D eigenvalue weighted by Gasteiger charge is -2.23. The minimum Gasteiger partial charge on any atom is -0.446 e. The molecule has 1 heterocycles. The van der Waals surface area contributed by atoms with E-state index in [0.717, 1.165) is 55.3 Å². The summed E-state index contributed by atoms with van der Waals surface area (Å²) in [5.41, 5.74) is 16.9. The van der Waals surface area contributed by atoms with Crippen molar-refractivity contribution in [1.82, 2.24) is 10.3 Å². The first-order chi connectivity index (χ1) is 13.2. The molecule has 0 radical (unpaired) electrons. The third-order valence-electron chi connectivity index (χ3n) is 4.98. The number of aromatic nitrogens is 1. The van der Waals surface area contributed by atoms with Crippen molar-refractivity contribution >= 4 is 11.8 Å². The van der Waals surface area contributed by atoms with E-state index in [2.05, 4.69) is 10.3 Å². The van der Waals surface area contributed by atoms with Crippen molar-refractivity contribution < 1.29 is 9.53 Å². The number of nitrogens with one attached hydrogen (secondary N) is 1. The Bertz CT molecular complexity index is 761. The van der Waals surface area contributed by atoms with Crippen molar-refractivity contribution in [2.75, 3.05) is 18.8 Å². The van der Waals surface area contributed by atoms with Gasteiger partial charge in [0.1, 0.15) is 6.10 Å². The molecular weight excluding hydrogens is 340 g/mol. The number of carbonyl (C=O) groups is 1. The zero-order chi connectivity index (χ0) is 19.1. The van der Waals surface area contributed by atoms with Crippen LogP contribution in [0.2, 0.25) is 0 Å². The molecule has 3 rings (SSSR count). The van der Waals surface area contributed by atoms with E-state index in [1.165, 1.54) is 11.1 Å². The molecule has 0 saturated carbocycles. The van der Waals surface area contributed by atoms with Gasteiger partial charge >= 0.3 is 6.09 Å². The number of hydrogen-bond donors (Lipinski definition) is 3. The van der Waals surface area contributed by atoms with Crippen LogP contribution in [0.15, 0.2) is 36.7 Å². The second-order valence-corrected chi connectivity index (χ2v) is 6.97. The SMILES string of the molecule is NCCCNC(=O)OC1CCCc2cncc(-c3ccc(N)cc3)c2CC1. The molecule has 5 N–H and O–H groups in total. The van der Waals surface area contributed by atoms with Crippen molar-refractivity contribution in [3.63, 3.8) is 0 Å². The summed E-state index contributed by atoms with van der Waals surface area (Å²) in [6, 6.07) is 7.89. The summed E-state index contributed by atoms with van der Waals surface area (Å²) >= 11 is 0. The lowest BCUT2D eigenvalue weighted by Crippen LogP contribution is -2.31. The predicted octanol–water partition coefficient (Wildman–Crippen LogP) is 3.04. The van der Waals surface area contributed by atoms with E-state index in [1.54, 1.807) is 0 Å². The molecule has 1 amide bonds. The fourth-order valence-electron chi connectivity index (χ4n) is 3.53. The molecule has 1 aliphatic carbocycles. The topological polar surface area (TPSA) is 103 Å². The molecule has 1 aromatic carbocycles. The molecule has 6 heteroatoms. The standard InChI is InChI=1S/C21H28N4O2/c22-11-2-12-25-21(26)27-18-4-1-3-16-13-24-14-20(19(16)10-9-18)15-5-7-17(23)8-6-15/h5-8,13-14,18H,1-4,9-12,22-23H2,(H,25,26). The van der Waals surface area contributed by atoms with Crippen LogP contribution in [0.4, 0.5) is 10.5 Å². The molecule has 27 heavy (non-hydrogen) atoms. The summed E-state index contributed by atoms with van der Waals surface area (Å²) in [5, 5.41) is 2.77. The monoisotopic (exact) mass is 368 g/mol. The molecule has 1 unspecified atom stereocenters. The van der Waals surface area contributed by atoms with Crippen LogP contribution in [0.25, 0.3) is 11.1 Å². The maximum atomic E-state index is 12.0. The third kappa shape index (κ3) is 5.20. The van der Waals surface area contributed by atoms with Gasteiger partial charge in [-0.05, 0) is 73.9 Å². The molecule has 1 atom stereocenters. The first kappa shape index (κ1) is 19.2. The lowest BCUT2D eigenvalue weighted by molar-refractivity contribution is 0.0856. The normalized spacial score (nSPS) is 16.7. The second-order valence-electron chi connectivity index (χ2n) is 6.97. The predicted molar refractivity (Wildman–Crippen MR) is 107 cm³/mol. The van der Waals surface area contributed by atoms with Crippen molar-refractivity contribution in [3.8, 4) is 11.1 Å². The fourth-order valence-corrected chi connectivity index (χ4v) is 3.53. The van der Waals surface area contributed by atoms with Gasteiger partial charge in [0.05, 0.1) is 0 Å². The van der Waals surface area contributed by atoms with Crippen LogP contribution in [-0.2, 0) is 17.6 Å². The molecule has 0 aliphatic heterocycles. The molecule has 0 fully saturated rings. The van der Waals surface area contributed by atoms with Gasteiger partial charge in [0, 0.05) is 30.2 Å². The first-order valence-electron chi connectivity index (χ1n) is 9.63. The Labute approximate surface area is 160 Å². The van der Waals surface area contributed by atoms with Crippen LogP contribution >= 0.6 is 0 Å². The Morgan fingerprint density at radius 1 is 1.19 bits per heavy atom. The van der Waals surface area contributed by atoms with E-state index < -0.39 is 0 Å². The molecule has 0 saturated heterocycles. The number of alkyl carbamates (subject to hydrolysis) is 1. The molecule has 6 nitrogen and oxygen atoms in total. The number of benzene rings is 1. The number of nitrogen functional groups attached to an aromatic ring is 1. The van der Waals surface area contributed by atoms with Crippen molar-refractivity contribution in [2.45, 2.75) is 44.6 Å². The van der Waals surface area contributed by atoms with Gasteiger partial charge in [0.15, 0.2) is 0 Å². The average molecular weight is 368 g/mol. The summed E-state index contributed by atoms with van der Waals surface area (Å²) in [6.07, 6.45) is 8.69. The number of aryl methyl sites for hydroxylation is 1. The number of hydrogen-bond acceptors (Lipinski definition) is 5. The minimum absolute atomic E-state index is 0.0662. The summed E-state index contributed by atoms with van der Waals surface area (Å²) in [6.45, 7) is 1.11. The van der Waals surface area contributed by atoms with E-state index in [9.17, 15) is 4.79 Å². The number of nitrogens with zero attached hydrogens (tertiary/aromatic N) is 1. The highest BCUT2D eigenvalue weighted by atomic mass is 16.6. The minimum atomic E-state index is -0.345. The van der Waals surface area contributed by atoms with Crippen LogP contribution in [0.5, 0.6) is 0 Å². The highest BCUT2D eigenvalue weighted by molar-refractivity contribution is 5.69. The van der Waals surface area contributed by atoms with E-state index in [-0.39, 0.29) is 12.2 Å². The van der Waals surface area contributed by atoms with Crippen molar-refractivity contribution in [3.05, 3.63) is 47.8 Å². The average Bonchev–Trinajstić information content (AvgIpc) is 2.65. The maximum absolute atomic E-state index is 12.0. The molecule has 1 aliphatic rings. The highest BCUT2D eigenvalue weighted by Gasteiger charge is 2.20. The largest absolute Gasteiger partial charge is 0.446 e. The summed E-state index contributed by atoms with van der Waals surface area (Å²) < 4.78 is 5.63. The molecule has 144 valence electrons. The number of ether oxygens (including phenoxy) is 1. The summed E-state index contributed by atoms with van der Waals surface area (Å²) in [4.78, 5) is 16.4. The number of carbonyl (C=O) groups excluding carboxylic acids is 1. The zero-order valence-corrected chi connectivity index (χ0v) is 15.6. The number of nitrogens with two attached hydrogens (primary N) is 2. The van der Waals surface area contributed by atoms with Crippen LogP contribution in [0, 0.1) is 0 Å². The number of rotatable bonds is 5. The third-order valence-corrected chi connectivity index (χ3v) is 4.98. The summed E-state index contributed by atoms with van der Waals surface area (Å²) in [7, 11) is 0. The van der Waals surface area contributed by atoms with Gasteiger partial charge in [0.25, 0.3) is 0 Å². The van der Waals surface area contributed by atoms with Gasteiger partial charge in [0.2, 0.25) is 0 Å². The van der Waals surface area contributed by atoms with Gasteiger partial charge in [-0.25, -0.2) is 4.79 Å². The fraction of sp³-hybridized carbons (Fsp3) is 0.429. The van der Waals surface area contributed by atoms with Gasteiger partial charge in [-0.1, -0.05) is 12.1 Å². The van der Waals surface area contributed by atoms with Crippen LogP contribution in [0.3, 0.4) is 0 Å². The maximum Gasteiger partial charge on any atom is 0.407 e. The molecule has 0 spiro atoms. The van der Waals surface area contributed by atoms with Crippen LogP contribution in [0.1, 0.15) is 36.8 Å². The summed E-state index contributed by atoms with van der Waals surface area (Å²) in [5.74, 6) is 0. The van der Waals surface area contributed by atoms with E-state index in [1.807, 2.05) is 36.7 Å². The van der Waals surface area contributed by atoms with Crippen molar-refractivity contribution in [1.29, 1.82) is 0 Å². The van der Waals surface area contributed by atoms with E-state index in [4.69, 9.17) is 16.2 Å². The Kier molecular flexibility index (Phi) is 6.65. The highest BCUT2D eigenvalue weighted by Crippen LogP contribution is 2.30. The number of fused-ring (bicyclic) bond motifs is 1. The molecule has 1 aromatic heterocycles. The first-order valence-corrected chi connectivity index (χ1v) is 9.63. The Balaban J connectivity index is 1.71. The number of anilines is 1. The van der Waals surface area contributed by atoms with Crippen LogP contribution < -0.4 is 16.8 Å². The van der Waals surface area contributed by atoms with Crippen LogP contribution in [-0.4, -0.2) is 30.3 Å². The Hall–Kier alpha value is -2.60. The zero-order valence-electron chi connectivity index (χ0n) is 15.6. The number of pyridine rings is 1.